The van der Waals surface area contributed by atoms with E-state index in [-0.39, 0.29) is 10.4 Å². The first-order valence-corrected chi connectivity index (χ1v) is 7.38. The molecule has 0 saturated heterocycles. The molecule has 6 heteroatoms. The van der Waals surface area contributed by atoms with E-state index >= 15 is 0 Å². The van der Waals surface area contributed by atoms with E-state index in [9.17, 15) is 8.78 Å². The molecule has 1 heterocycles. The van der Waals surface area contributed by atoms with Gasteiger partial charge in [-0.2, -0.15) is 0 Å². The van der Waals surface area contributed by atoms with Gasteiger partial charge in [-0.25, -0.2) is 13.8 Å². The molecule has 0 aliphatic rings. The van der Waals surface area contributed by atoms with Gasteiger partial charge in [0.15, 0.2) is 5.13 Å². The smallest absolute Gasteiger partial charge is 0.180 e. The number of hydrogen-bond donors (Lipinski definition) is 1. The molecule has 0 radical (unpaired) electrons. The Morgan fingerprint density at radius 2 is 2.00 bits per heavy atom. The Morgan fingerprint density at radius 3 is 2.63 bits per heavy atom. The minimum atomic E-state index is -0.472. The zero-order valence-corrected chi connectivity index (χ0v) is 12.9. The first kappa shape index (κ1) is 14.4. The predicted molar refractivity (Wildman–Crippen MR) is 77.5 cm³/mol. The molecular formula is C13H13BrF2N2S. The van der Waals surface area contributed by atoms with Crippen molar-refractivity contribution in [3.63, 3.8) is 0 Å². The maximum atomic E-state index is 13.8. The van der Waals surface area contributed by atoms with Crippen LogP contribution in [-0.4, -0.2) is 4.98 Å². The number of nitrogen functional groups attached to an aromatic ring is 1. The molecule has 2 N–H and O–H groups in total. The zero-order valence-electron chi connectivity index (χ0n) is 10.5. The van der Waals surface area contributed by atoms with Crippen LogP contribution in [0.2, 0.25) is 0 Å². The third kappa shape index (κ3) is 3.12. The molecule has 0 aliphatic heterocycles. The molecule has 0 fully saturated rings. The fourth-order valence-electron chi connectivity index (χ4n) is 1.83. The molecule has 0 unspecified atom stereocenters. The van der Waals surface area contributed by atoms with Gasteiger partial charge < -0.3 is 5.73 Å². The van der Waals surface area contributed by atoms with E-state index in [2.05, 4.69) is 20.9 Å². The molecule has 102 valence electrons. The van der Waals surface area contributed by atoms with E-state index in [1.165, 1.54) is 17.4 Å². The molecule has 0 saturated carbocycles. The van der Waals surface area contributed by atoms with Gasteiger partial charge in [0.1, 0.15) is 11.6 Å². The van der Waals surface area contributed by atoms with Crippen LogP contribution in [-0.2, 0) is 6.42 Å². The summed E-state index contributed by atoms with van der Waals surface area (Å²) in [5.41, 5.74) is 6.86. The Balaban J connectivity index is 2.39. The topological polar surface area (TPSA) is 38.9 Å². The third-order valence-corrected chi connectivity index (χ3v) is 4.24. The highest BCUT2D eigenvalue weighted by atomic mass is 79.9. The number of benzene rings is 1. The Morgan fingerprint density at radius 1 is 1.32 bits per heavy atom. The predicted octanol–water partition coefficient (Wildman–Crippen LogP) is 4.48. The highest BCUT2D eigenvalue weighted by Crippen LogP contribution is 2.30. The third-order valence-electron chi connectivity index (χ3n) is 2.73. The summed E-state index contributed by atoms with van der Waals surface area (Å²) in [5.74, 6) is -0.707. The van der Waals surface area contributed by atoms with Crippen molar-refractivity contribution in [1.82, 2.24) is 4.98 Å². The normalized spacial score (nSPS) is 11.3. The van der Waals surface area contributed by atoms with Crippen molar-refractivity contribution in [2.24, 2.45) is 0 Å². The van der Waals surface area contributed by atoms with E-state index < -0.39 is 11.6 Å². The first-order chi connectivity index (χ1) is 8.88. The molecule has 19 heavy (non-hydrogen) atoms. The van der Waals surface area contributed by atoms with Gasteiger partial charge >= 0.3 is 0 Å². The van der Waals surface area contributed by atoms with Crippen molar-refractivity contribution >= 4 is 32.4 Å². The maximum Gasteiger partial charge on any atom is 0.180 e. The van der Waals surface area contributed by atoms with Crippen LogP contribution < -0.4 is 5.73 Å². The average Bonchev–Trinajstić information content (AvgIpc) is 2.67. The van der Waals surface area contributed by atoms with Gasteiger partial charge in [-0.15, -0.1) is 11.3 Å². The molecule has 1 aromatic heterocycles. The number of aromatic nitrogens is 1. The lowest BCUT2D eigenvalue weighted by Gasteiger charge is -2.07. The van der Waals surface area contributed by atoms with Crippen LogP contribution in [0.25, 0.3) is 0 Å². The summed E-state index contributed by atoms with van der Waals surface area (Å²) in [4.78, 5) is 5.13. The standard InChI is InChI=1S/C13H13BrF2N2S/c1-6(2)12-11(19-13(17)18-12)4-7-3-10(16)8(14)5-9(7)15/h3,5-6H,4H2,1-2H3,(H2,17,18). The van der Waals surface area contributed by atoms with Gasteiger partial charge in [-0.1, -0.05) is 13.8 Å². The van der Waals surface area contributed by atoms with Gasteiger partial charge in [0.25, 0.3) is 0 Å². The minimum Gasteiger partial charge on any atom is -0.375 e. The summed E-state index contributed by atoms with van der Waals surface area (Å²) in [6.45, 7) is 3.99. The van der Waals surface area contributed by atoms with E-state index in [1.54, 1.807) is 0 Å². The number of halogens is 3. The molecule has 0 bridgehead atoms. The van der Waals surface area contributed by atoms with Crippen LogP contribution in [0.5, 0.6) is 0 Å². The van der Waals surface area contributed by atoms with Crippen molar-refractivity contribution in [1.29, 1.82) is 0 Å². The molecule has 2 rings (SSSR count). The summed E-state index contributed by atoms with van der Waals surface area (Å²) in [6, 6.07) is 2.35. The number of nitrogens with two attached hydrogens (primary N) is 1. The fourth-order valence-corrected chi connectivity index (χ4v) is 3.16. The van der Waals surface area contributed by atoms with Crippen LogP contribution >= 0.6 is 27.3 Å². The SMILES string of the molecule is CC(C)c1nc(N)sc1Cc1cc(F)c(Br)cc1F. The summed E-state index contributed by atoms with van der Waals surface area (Å²) < 4.78 is 27.4. The van der Waals surface area contributed by atoms with Crippen LogP contribution in [0.15, 0.2) is 16.6 Å². The second-order valence-corrected chi connectivity index (χ2v) is 6.52. The van der Waals surface area contributed by atoms with E-state index in [1.807, 2.05) is 13.8 Å². The molecule has 0 amide bonds. The lowest BCUT2D eigenvalue weighted by atomic mass is 10.0. The minimum absolute atomic E-state index is 0.127. The van der Waals surface area contributed by atoms with E-state index in [0.29, 0.717) is 17.1 Å². The van der Waals surface area contributed by atoms with Crippen molar-refractivity contribution in [2.75, 3.05) is 5.73 Å². The van der Waals surface area contributed by atoms with Crippen molar-refractivity contribution in [3.8, 4) is 0 Å². The summed E-state index contributed by atoms with van der Waals surface area (Å²) in [7, 11) is 0. The van der Waals surface area contributed by atoms with Crippen molar-refractivity contribution < 1.29 is 8.78 Å². The van der Waals surface area contributed by atoms with Crippen LogP contribution in [0.3, 0.4) is 0 Å². The molecular weight excluding hydrogens is 334 g/mol. The van der Waals surface area contributed by atoms with Crippen LogP contribution in [0.1, 0.15) is 35.9 Å². The summed E-state index contributed by atoms with van der Waals surface area (Å²) in [5, 5.41) is 0.455. The average molecular weight is 347 g/mol. The molecule has 0 spiro atoms. The number of thiazole rings is 1. The van der Waals surface area contributed by atoms with Crippen molar-refractivity contribution in [2.45, 2.75) is 26.2 Å². The van der Waals surface area contributed by atoms with E-state index in [4.69, 9.17) is 5.73 Å². The lowest BCUT2D eigenvalue weighted by Crippen LogP contribution is -1.98. The van der Waals surface area contributed by atoms with Gasteiger partial charge in [-0.3, -0.25) is 0 Å². The van der Waals surface area contributed by atoms with Gasteiger partial charge in [0.2, 0.25) is 0 Å². The van der Waals surface area contributed by atoms with Crippen molar-refractivity contribution in [3.05, 3.63) is 44.4 Å². The Kier molecular flexibility index (Phi) is 4.20. The number of anilines is 1. The molecule has 0 aliphatic carbocycles. The second-order valence-electron chi connectivity index (χ2n) is 4.55. The lowest BCUT2D eigenvalue weighted by molar-refractivity contribution is 0.583. The quantitative estimate of drug-likeness (QED) is 0.832. The Bertz CT molecular complexity index is 611. The molecule has 0 atom stereocenters. The highest BCUT2D eigenvalue weighted by molar-refractivity contribution is 9.10. The highest BCUT2D eigenvalue weighted by Gasteiger charge is 2.16. The van der Waals surface area contributed by atoms with Gasteiger partial charge in [0, 0.05) is 11.3 Å². The number of rotatable bonds is 3. The summed E-state index contributed by atoms with van der Waals surface area (Å²) in [6.07, 6.45) is 0.304. The summed E-state index contributed by atoms with van der Waals surface area (Å²) >= 11 is 4.28. The molecule has 2 aromatic rings. The second kappa shape index (κ2) is 5.54. The largest absolute Gasteiger partial charge is 0.375 e. The Hall–Kier alpha value is -1.01. The van der Waals surface area contributed by atoms with E-state index in [0.717, 1.165) is 16.6 Å². The molecule has 2 nitrogen and oxygen atoms in total. The van der Waals surface area contributed by atoms with Crippen LogP contribution in [0, 0.1) is 11.6 Å². The maximum absolute atomic E-state index is 13.8. The number of hydrogen-bond acceptors (Lipinski definition) is 3. The zero-order chi connectivity index (χ0) is 14.2. The fraction of sp³-hybridized carbons (Fsp3) is 0.308. The molecule has 1 aromatic carbocycles. The van der Waals surface area contributed by atoms with Gasteiger partial charge in [-0.05, 0) is 39.5 Å². The number of nitrogens with zero attached hydrogens (tertiary/aromatic N) is 1. The Labute approximate surface area is 122 Å². The van der Waals surface area contributed by atoms with Crippen LogP contribution in [0.4, 0.5) is 13.9 Å². The first-order valence-electron chi connectivity index (χ1n) is 5.77. The monoisotopic (exact) mass is 346 g/mol. The van der Waals surface area contributed by atoms with Gasteiger partial charge in [0.05, 0.1) is 10.2 Å².